The number of likely N-dealkylation sites (tertiary alicyclic amines) is 1. The minimum atomic E-state index is -0.365. The van der Waals surface area contributed by atoms with Crippen molar-refractivity contribution in [2.75, 3.05) is 45.9 Å². The fourth-order valence-corrected chi connectivity index (χ4v) is 5.76. The molecule has 1 spiro atoms. The van der Waals surface area contributed by atoms with Crippen molar-refractivity contribution in [2.24, 2.45) is 0 Å². The molecule has 0 saturated carbocycles. The molecular formula is C26H31N3O4. The number of amides is 1. The van der Waals surface area contributed by atoms with E-state index >= 15 is 0 Å². The third-order valence-corrected chi connectivity index (χ3v) is 7.56. The lowest BCUT2D eigenvalue weighted by molar-refractivity contribution is -0.0368. The van der Waals surface area contributed by atoms with Gasteiger partial charge >= 0.3 is 6.09 Å². The fourth-order valence-electron chi connectivity index (χ4n) is 5.76. The third-order valence-electron chi connectivity index (χ3n) is 7.56. The maximum absolute atomic E-state index is 12.7. The Morgan fingerprint density at radius 3 is 2.39 bits per heavy atom. The van der Waals surface area contributed by atoms with Crippen LogP contribution in [0.3, 0.4) is 0 Å². The van der Waals surface area contributed by atoms with Crippen molar-refractivity contribution in [1.82, 2.24) is 14.7 Å². The van der Waals surface area contributed by atoms with E-state index in [-0.39, 0.29) is 17.7 Å². The van der Waals surface area contributed by atoms with Crippen molar-refractivity contribution in [2.45, 2.75) is 37.6 Å². The first-order valence-corrected chi connectivity index (χ1v) is 12.1. The summed E-state index contributed by atoms with van der Waals surface area (Å²) in [6.45, 7) is 7.37. The quantitative estimate of drug-likeness (QED) is 0.715. The van der Waals surface area contributed by atoms with Crippen LogP contribution in [0, 0.1) is 0 Å². The van der Waals surface area contributed by atoms with E-state index in [0.717, 1.165) is 70.2 Å². The smallest absolute Gasteiger partial charge is 0.410 e. The molecule has 2 aromatic carbocycles. The number of hydrogen-bond acceptors (Lipinski definition) is 6. The number of carbonyl (C=O) groups excluding carboxylic acids is 1. The van der Waals surface area contributed by atoms with Crippen LogP contribution in [0.2, 0.25) is 0 Å². The van der Waals surface area contributed by atoms with Gasteiger partial charge in [0.1, 0.15) is 18.8 Å². The number of ether oxygens (including phenoxy) is 3. The van der Waals surface area contributed by atoms with Crippen LogP contribution in [0.25, 0.3) is 0 Å². The molecule has 0 N–H and O–H groups in total. The maximum atomic E-state index is 12.7. The van der Waals surface area contributed by atoms with E-state index in [1.165, 1.54) is 11.1 Å². The third kappa shape index (κ3) is 4.04. The normalized spacial score (nSPS) is 24.5. The van der Waals surface area contributed by atoms with Crippen LogP contribution in [0.1, 0.15) is 24.0 Å². The summed E-state index contributed by atoms with van der Waals surface area (Å²) in [4.78, 5) is 19.6. The molecule has 4 aliphatic rings. The van der Waals surface area contributed by atoms with Gasteiger partial charge in [0.15, 0.2) is 11.5 Å². The zero-order valence-electron chi connectivity index (χ0n) is 18.9. The molecule has 1 atom stereocenters. The molecule has 0 bridgehead atoms. The first-order valence-electron chi connectivity index (χ1n) is 12.1. The van der Waals surface area contributed by atoms with Crippen LogP contribution in [0.4, 0.5) is 4.79 Å². The lowest BCUT2D eigenvalue weighted by Crippen LogP contribution is -2.60. The van der Waals surface area contributed by atoms with Gasteiger partial charge in [-0.25, -0.2) is 4.79 Å². The Balaban J connectivity index is 1.10. The van der Waals surface area contributed by atoms with Crippen molar-refractivity contribution < 1.29 is 19.0 Å². The molecule has 2 aromatic rings. The topological polar surface area (TPSA) is 54.5 Å². The second kappa shape index (κ2) is 8.54. The Kier molecular flexibility index (Phi) is 5.38. The van der Waals surface area contributed by atoms with Gasteiger partial charge in [-0.3, -0.25) is 14.7 Å². The highest BCUT2D eigenvalue weighted by Crippen LogP contribution is 2.41. The monoisotopic (exact) mass is 449 g/mol. The van der Waals surface area contributed by atoms with E-state index in [1.807, 2.05) is 11.0 Å². The zero-order valence-corrected chi connectivity index (χ0v) is 18.9. The fraction of sp³-hybridized carbons (Fsp3) is 0.500. The molecule has 6 rings (SSSR count). The average Bonchev–Trinajstić information content (AvgIpc) is 3.12. The summed E-state index contributed by atoms with van der Waals surface area (Å²) in [5.41, 5.74) is 2.18. The van der Waals surface area contributed by atoms with Crippen molar-refractivity contribution >= 4 is 6.09 Å². The molecule has 33 heavy (non-hydrogen) atoms. The largest absolute Gasteiger partial charge is 0.486 e. The Morgan fingerprint density at radius 2 is 1.58 bits per heavy atom. The molecule has 0 aliphatic carbocycles. The first-order chi connectivity index (χ1) is 16.2. The van der Waals surface area contributed by atoms with Gasteiger partial charge in [0.25, 0.3) is 0 Å². The van der Waals surface area contributed by atoms with Crippen LogP contribution in [0.5, 0.6) is 11.5 Å². The van der Waals surface area contributed by atoms with Crippen molar-refractivity contribution in [3.05, 3.63) is 59.7 Å². The summed E-state index contributed by atoms with van der Waals surface area (Å²) in [5, 5.41) is 0. The van der Waals surface area contributed by atoms with E-state index in [9.17, 15) is 4.79 Å². The SMILES string of the molecule is O=C1OC2(CCN(Cc3ccc4c(c3)OCCO4)CC2)C2CN(Cc3ccccc3)CCN12. The Labute approximate surface area is 194 Å². The molecule has 4 aliphatic heterocycles. The Hall–Kier alpha value is -2.77. The number of nitrogens with zero attached hydrogens (tertiary/aromatic N) is 3. The minimum Gasteiger partial charge on any atom is -0.486 e. The van der Waals surface area contributed by atoms with E-state index in [1.54, 1.807) is 0 Å². The highest BCUT2D eigenvalue weighted by Gasteiger charge is 2.56. The molecule has 0 aromatic heterocycles. The molecule has 0 radical (unpaired) electrons. The summed E-state index contributed by atoms with van der Waals surface area (Å²) >= 11 is 0. The van der Waals surface area contributed by atoms with Gasteiger partial charge < -0.3 is 14.2 Å². The van der Waals surface area contributed by atoms with Gasteiger partial charge in [-0.05, 0) is 23.3 Å². The van der Waals surface area contributed by atoms with Crippen LogP contribution < -0.4 is 9.47 Å². The average molecular weight is 450 g/mol. The second-order valence-corrected chi connectivity index (χ2v) is 9.62. The summed E-state index contributed by atoms with van der Waals surface area (Å²) in [7, 11) is 0. The second-order valence-electron chi connectivity index (χ2n) is 9.62. The van der Waals surface area contributed by atoms with Crippen molar-refractivity contribution in [3.8, 4) is 11.5 Å². The molecule has 3 fully saturated rings. The van der Waals surface area contributed by atoms with E-state index in [2.05, 4.69) is 52.3 Å². The zero-order chi connectivity index (χ0) is 22.3. The number of piperidine rings is 1. The first kappa shape index (κ1) is 20.8. The van der Waals surface area contributed by atoms with Gasteiger partial charge in [-0.2, -0.15) is 0 Å². The van der Waals surface area contributed by atoms with Gasteiger partial charge in [-0.15, -0.1) is 0 Å². The molecule has 7 heteroatoms. The number of piperazine rings is 1. The molecule has 3 saturated heterocycles. The molecule has 1 amide bonds. The lowest BCUT2D eigenvalue weighted by Gasteiger charge is -2.45. The van der Waals surface area contributed by atoms with Gasteiger partial charge in [0.2, 0.25) is 0 Å². The van der Waals surface area contributed by atoms with E-state index < -0.39 is 0 Å². The predicted molar refractivity (Wildman–Crippen MR) is 123 cm³/mol. The molecule has 4 heterocycles. The Morgan fingerprint density at radius 1 is 0.818 bits per heavy atom. The highest BCUT2D eigenvalue weighted by molar-refractivity contribution is 5.72. The maximum Gasteiger partial charge on any atom is 0.410 e. The van der Waals surface area contributed by atoms with Crippen LogP contribution in [-0.4, -0.2) is 78.4 Å². The number of carbonyl (C=O) groups is 1. The highest BCUT2D eigenvalue weighted by atomic mass is 16.6. The standard InChI is InChI=1S/C26H31N3O4/c30-25-29-13-12-28(17-20-4-2-1-3-5-20)19-24(29)26(33-25)8-10-27(11-9-26)18-21-6-7-22-23(16-21)32-15-14-31-22/h1-7,16,24H,8-15,17-19H2. The van der Waals surface area contributed by atoms with E-state index in [4.69, 9.17) is 14.2 Å². The van der Waals surface area contributed by atoms with Crippen molar-refractivity contribution in [1.29, 1.82) is 0 Å². The Bertz CT molecular complexity index is 1010. The van der Waals surface area contributed by atoms with Gasteiger partial charge in [0.05, 0.1) is 6.04 Å². The summed E-state index contributed by atoms with van der Waals surface area (Å²) in [6, 6.07) is 17.0. The molecular weight excluding hydrogens is 418 g/mol. The molecule has 174 valence electrons. The summed E-state index contributed by atoms with van der Waals surface area (Å²) in [6.07, 6.45) is 1.63. The van der Waals surface area contributed by atoms with Crippen LogP contribution in [-0.2, 0) is 17.8 Å². The molecule has 7 nitrogen and oxygen atoms in total. The van der Waals surface area contributed by atoms with Crippen molar-refractivity contribution in [3.63, 3.8) is 0 Å². The van der Waals surface area contributed by atoms with Crippen LogP contribution in [0.15, 0.2) is 48.5 Å². The lowest BCUT2D eigenvalue weighted by atomic mass is 9.83. The van der Waals surface area contributed by atoms with E-state index in [0.29, 0.717) is 13.2 Å². The number of hydrogen-bond donors (Lipinski definition) is 0. The number of rotatable bonds is 4. The van der Waals surface area contributed by atoms with Crippen LogP contribution >= 0.6 is 0 Å². The number of fused-ring (bicyclic) bond motifs is 3. The van der Waals surface area contributed by atoms with Gasteiger partial charge in [-0.1, -0.05) is 36.4 Å². The summed E-state index contributed by atoms with van der Waals surface area (Å²) in [5.74, 6) is 1.67. The number of benzene rings is 2. The van der Waals surface area contributed by atoms with Gasteiger partial charge in [0, 0.05) is 58.7 Å². The predicted octanol–water partition coefficient (Wildman–Crippen LogP) is 3.13. The minimum absolute atomic E-state index is 0.125. The summed E-state index contributed by atoms with van der Waals surface area (Å²) < 4.78 is 17.5. The molecule has 1 unspecified atom stereocenters.